The van der Waals surface area contributed by atoms with Crippen molar-refractivity contribution in [3.05, 3.63) is 0 Å². The van der Waals surface area contributed by atoms with Crippen LogP contribution < -0.4 is 11.5 Å². The van der Waals surface area contributed by atoms with E-state index in [0.29, 0.717) is 13.1 Å². The van der Waals surface area contributed by atoms with Gasteiger partial charge in [-0.15, -0.1) is 0 Å². The quantitative estimate of drug-likeness (QED) is 0.438. The lowest BCUT2D eigenvalue weighted by molar-refractivity contribution is 0.561. The van der Waals surface area contributed by atoms with Gasteiger partial charge in [-0.25, -0.2) is 0 Å². The fourth-order valence-electron chi connectivity index (χ4n) is 0.690. The van der Waals surface area contributed by atoms with Gasteiger partial charge >= 0.3 is 0 Å². The summed E-state index contributed by atoms with van der Waals surface area (Å²) < 4.78 is 0. The highest BCUT2D eigenvalue weighted by molar-refractivity contribution is 6.50. The molecule has 0 saturated carbocycles. The van der Waals surface area contributed by atoms with Crippen molar-refractivity contribution in [1.29, 1.82) is 0 Å². The number of nitrogens with two attached hydrogens (primary N) is 2. The van der Waals surface area contributed by atoms with E-state index >= 15 is 0 Å². The third-order valence-electron chi connectivity index (χ3n) is 1.24. The average Bonchev–Trinajstić information content (AvgIpc) is 1.85. The van der Waals surface area contributed by atoms with E-state index in [0.717, 1.165) is 18.5 Å². The van der Waals surface area contributed by atoms with Crippen LogP contribution in [0.2, 0.25) is 12.1 Å². The van der Waals surface area contributed by atoms with Gasteiger partial charge in [0.25, 0.3) is 0 Å². The molecule has 0 aromatic rings. The van der Waals surface area contributed by atoms with E-state index in [1.165, 1.54) is 0 Å². The van der Waals surface area contributed by atoms with Crippen LogP contribution in [0, 0.1) is 0 Å². The second-order valence-electron chi connectivity index (χ2n) is 2.16. The normalized spacial score (nSPS) is 13.7. The summed E-state index contributed by atoms with van der Waals surface area (Å²) in [4.78, 5) is 9.18. The maximum Gasteiger partial charge on any atom is 0.173 e. The lowest BCUT2D eigenvalue weighted by Crippen LogP contribution is -2.18. The van der Waals surface area contributed by atoms with Crippen molar-refractivity contribution in [3.63, 3.8) is 0 Å². The van der Waals surface area contributed by atoms with E-state index in [1.54, 1.807) is 0 Å². The third kappa shape index (κ3) is 5.98. The zero-order valence-electron chi connectivity index (χ0n) is 5.71. The molecule has 0 bridgehead atoms. The summed E-state index contributed by atoms with van der Waals surface area (Å²) in [6, 6.07) is 1.76. The summed E-state index contributed by atoms with van der Waals surface area (Å²) in [5.41, 5.74) is 10.5. The lowest BCUT2D eigenvalue weighted by atomic mass is 10.5. The number of hydrogen-bond donors (Lipinski definition) is 3. The largest absolute Gasteiger partial charge is 0.435 e. The van der Waals surface area contributed by atoms with Gasteiger partial charge in [-0.3, -0.25) is 0 Å². The van der Waals surface area contributed by atoms with Crippen LogP contribution in [0.1, 0.15) is 6.42 Å². The van der Waals surface area contributed by atoms with E-state index in [-0.39, 0.29) is 0 Å². The summed E-state index contributed by atoms with van der Waals surface area (Å²) in [6.07, 6.45) is 0.952. The van der Waals surface area contributed by atoms with Crippen LogP contribution in [0.15, 0.2) is 0 Å². The Bertz CT molecular complexity index is 62.9. The lowest BCUT2D eigenvalue weighted by Gasteiger charge is -2.03. The number of hydrogen-bond acceptors (Lipinski definition) is 3. The van der Waals surface area contributed by atoms with Gasteiger partial charge in [-0.2, -0.15) is 0 Å². The predicted molar refractivity (Wildman–Crippen MR) is 41.7 cm³/mol. The molecule has 0 aliphatic rings. The van der Waals surface area contributed by atoms with E-state index in [9.17, 15) is 4.80 Å². The van der Waals surface area contributed by atoms with Crippen LogP contribution in [0.25, 0.3) is 0 Å². The summed E-state index contributed by atoms with van der Waals surface area (Å²) in [7, 11) is -1.42. The summed E-state index contributed by atoms with van der Waals surface area (Å²) >= 11 is 0. The Morgan fingerprint density at radius 1 is 1.11 bits per heavy atom. The zero-order valence-corrected chi connectivity index (χ0v) is 6.87. The van der Waals surface area contributed by atoms with Gasteiger partial charge in [0.15, 0.2) is 9.04 Å². The molecule has 0 rings (SSSR count). The minimum atomic E-state index is -1.42. The topological polar surface area (TPSA) is 72.3 Å². The first-order valence-electron chi connectivity index (χ1n) is 3.39. The van der Waals surface area contributed by atoms with Crippen LogP contribution in [-0.2, 0) is 0 Å². The van der Waals surface area contributed by atoms with E-state index in [1.807, 2.05) is 0 Å². The van der Waals surface area contributed by atoms with Crippen LogP contribution in [-0.4, -0.2) is 26.9 Å². The van der Waals surface area contributed by atoms with Gasteiger partial charge in [0.2, 0.25) is 0 Å². The standard InChI is InChI=1S/C5H16N2OSi/c6-2-1-4-9(8)5-3-7/h8-9H,1-7H2. The van der Waals surface area contributed by atoms with Gasteiger partial charge in [-0.1, -0.05) is 0 Å². The molecule has 9 heavy (non-hydrogen) atoms. The molecule has 4 heteroatoms. The second-order valence-corrected chi connectivity index (χ2v) is 4.62. The van der Waals surface area contributed by atoms with Gasteiger partial charge in [0.1, 0.15) is 0 Å². The molecule has 0 aromatic heterocycles. The highest BCUT2D eigenvalue weighted by Crippen LogP contribution is 1.96. The van der Waals surface area contributed by atoms with Crippen molar-refractivity contribution in [2.24, 2.45) is 11.5 Å². The van der Waals surface area contributed by atoms with Crippen LogP contribution in [0.4, 0.5) is 0 Å². The first-order chi connectivity index (χ1) is 4.31. The van der Waals surface area contributed by atoms with Crippen molar-refractivity contribution in [2.45, 2.75) is 18.5 Å². The maximum atomic E-state index is 9.18. The predicted octanol–water partition coefficient (Wildman–Crippen LogP) is -0.990. The van der Waals surface area contributed by atoms with Crippen LogP contribution in [0.3, 0.4) is 0 Å². The molecule has 0 aliphatic heterocycles. The van der Waals surface area contributed by atoms with Crippen LogP contribution in [0.5, 0.6) is 0 Å². The highest BCUT2D eigenvalue weighted by atomic mass is 28.3. The molecule has 1 unspecified atom stereocenters. The molecule has 0 radical (unpaired) electrons. The van der Waals surface area contributed by atoms with Crippen molar-refractivity contribution < 1.29 is 4.80 Å². The van der Waals surface area contributed by atoms with Crippen molar-refractivity contribution in [1.82, 2.24) is 0 Å². The minimum Gasteiger partial charge on any atom is -0.435 e. The molecular formula is C5H16N2OSi. The van der Waals surface area contributed by atoms with Gasteiger partial charge in [-0.05, 0) is 31.6 Å². The summed E-state index contributed by atoms with van der Waals surface area (Å²) in [6.45, 7) is 1.31. The smallest absolute Gasteiger partial charge is 0.173 e. The second kappa shape index (κ2) is 6.22. The molecule has 0 spiro atoms. The third-order valence-corrected chi connectivity index (χ3v) is 3.32. The molecule has 0 heterocycles. The first-order valence-corrected chi connectivity index (χ1v) is 5.54. The molecule has 3 nitrogen and oxygen atoms in total. The van der Waals surface area contributed by atoms with Crippen molar-refractivity contribution in [2.75, 3.05) is 13.1 Å². The van der Waals surface area contributed by atoms with Crippen molar-refractivity contribution >= 4 is 9.04 Å². The molecule has 5 N–H and O–H groups in total. The molecule has 1 atom stereocenters. The molecule has 56 valence electrons. The molecule has 0 saturated heterocycles. The minimum absolute atomic E-state index is 0.623. The maximum absolute atomic E-state index is 9.18. The monoisotopic (exact) mass is 148 g/mol. The molecule has 0 amide bonds. The van der Waals surface area contributed by atoms with Gasteiger partial charge < -0.3 is 16.3 Å². The zero-order chi connectivity index (χ0) is 7.11. The molecule has 0 aliphatic carbocycles. The molecule has 0 fully saturated rings. The Kier molecular flexibility index (Phi) is 6.29. The van der Waals surface area contributed by atoms with Gasteiger partial charge in [0, 0.05) is 0 Å². The first kappa shape index (κ1) is 9.10. The fourth-order valence-corrected chi connectivity index (χ4v) is 2.07. The Labute approximate surface area is 57.8 Å². The highest BCUT2D eigenvalue weighted by Gasteiger charge is 2.02. The van der Waals surface area contributed by atoms with E-state index < -0.39 is 9.04 Å². The summed E-state index contributed by atoms with van der Waals surface area (Å²) in [5, 5.41) is 0. The Morgan fingerprint density at radius 3 is 2.22 bits per heavy atom. The summed E-state index contributed by atoms with van der Waals surface area (Å²) in [5.74, 6) is 0. The number of rotatable bonds is 5. The SMILES string of the molecule is NCCC[SiH](O)CCN. The Morgan fingerprint density at radius 2 is 1.78 bits per heavy atom. The average molecular weight is 148 g/mol. The van der Waals surface area contributed by atoms with Gasteiger partial charge in [0.05, 0.1) is 0 Å². The fraction of sp³-hybridized carbons (Fsp3) is 1.00. The van der Waals surface area contributed by atoms with Crippen LogP contribution >= 0.6 is 0 Å². The molecular weight excluding hydrogens is 132 g/mol. The van der Waals surface area contributed by atoms with Crippen molar-refractivity contribution in [3.8, 4) is 0 Å². The molecule has 0 aromatic carbocycles. The Hall–Kier alpha value is 0.0969. The van der Waals surface area contributed by atoms with E-state index in [2.05, 4.69) is 0 Å². The van der Waals surface area contributed by atoms with E-state index in [4.69, 9.17) is 11.5 Å². The Balaban J connectivity index is 2.95.